The van der Waals surface area contributed by atoms with Gasteiger partial charge in [0, 0.05) is 31.9 Å². The van der Waals surface area contributed by atoms with Gasteiger partial charge in [0.1, 0.15) is 6.54 Å². The van der Waals surface area contributed by atoms with E-state index in [4.69, 9.17) is 0 Å². The van der Waals surface area contributed by atoms with E-state index in [0.717, 1.165) is 38.2 Å². The number of aromatic nitrogens is 2. The fourth-order valence-electron chi connectivity index (χ4n) is 2.56. The van der Waals surface area contributed by atoms with Crippen LogP contribution in [0.4, 0.5) is 0 Å². The Morgan fingerprint density at radius 2 is 2.11 bits per heavy atom. The van der Waals surface area contributed by atoms with Crippen molar-refractivity contribution in [2.24, 2.45) is 0 Å². The number of likely N-dealkylation sites (tertiary alicyclic amines) is 1. The lowest BCUT2D eigenvalue weighted by Crippen LogP contribution is -2.38. The number of amides is 1. The highest BCUT2D eigenvalue weighted by Crippen LogP contribution is 2.19. The monoisotopic (exact) mass is 262 g/mol. The fraction of sp³-hybridized carbons (Fsp3) is 0.714. The van der Waals surface area contributed by atoms with Gasteiger partial charge in [-0.3, -0.25) is 4.79 Å². The van der Waals surface area contributed by atoms with Crippen molar-refractivity contribution in [3.8, 4) is 0 Å². The zero-order valence-electron chi connectivity index (χ0n) is 11.3. The summed E-state index contributed by atoms with van der Waals surface area (Å²) in [6, 6.07) is 0.682. The Kier molecular flexibility index (Phi) is 3.82. The number of imidazole rings is 1. The second-order valence-corrected chi connectivity index (χ2v) is 5.61. The second kappa shape index (κ2) is 5.74. The number of piperidine rings is 1. The summed E-state index contributed by atoms with van der Waals surface area (Å²) in [5.41, 5.74) is 1.11. The second-order valence-electron chi connectivity index (χ2n) is 5.61. The van der Waals surface area contributed by atoms with Crippen LogP contribution >= 0.6 is 0 Å². The maximum atomic E-state index is 12.2. The Bertz CT molecular complexity index is 432. The molecule has 0 spiro atoms. The Morgan fingerprint density at radius 3 is 2.84 bits per heavy atom. The molecule has 0 unspecified atom stereocenters. The average molecular weight is 262 g/mol. The van der Waals surface area contributed by atoms with E-state index in [1.54, 1.807) is 6.33 Å². The number of rotatable bonds is 5. The van der Waals surface area contributed by atoms with Gasteiger partial charge in [0.2, 0.25) is 5.91 Å². The summed E-state index contributed by atoms with van der Waals surface area (Å²) >= 11 is 0. The Hall–Kier alpha value is -1.36. The molecule has 1 amide bonds. The summed E-state index contributed by atoms with van der Waals surface area (Å²) in [4.78, 5) is 18.4. The number of nitrogens with zero attached hydrogens (tertiary/aromatic N) is 3. The minimum absolute atomic E-state index is 0.227. The van der Waals surface area contributed by atoms with E-state index < -0.39 is 0 Å². The van der Waals surface area contributed by atoms with Crippen LogP contribution in [0.15, 0.2) is 12.5 Å². The van der Waals surface area contributed by atoms with Crippen LogP contribution in [0.5, 0.6) is 0 Å². The van der Waals surface area contributed by atoms with Gasteiger partial charge in [-0.25, -0.2) is 4.98 Å². The number of hydrogen-bond acceptors (Lipinski definition) is 3. The number of carbonyl (C=O) groups excluding carboxylic acids is 1. The summed E-state index contributed by atoms with van der Waals surface area (Å²) in [5.74, 6) is 0.227. The van der Waals surface area contributed by atoms with Gasteiger partial charge in [-0.2, -0.15) is 0 Å². The molecular formula is C14H22N4O. The van der Waals surface area contributed by atoms with Crippen molar-refractivity contribution in [2.45, 2.75) is 51.2 Å². The maximum absolute atomic E-state index is 12.2. The predicted molar refractivity (Wildman–Crippen MR) is 72.5 cm³/mol. The third-order valence-electron chi connectivity index (χ3n) is 3.96. The van der Waals surface area contributed by atoms with E-state index in [1.165, 1.54) is 19.3 Å². The van der Waals surface area contributed by atoms with Crippen LogP contribution in [-0.2, 0) is 17.9 Å². The first-order valence-corrected chi connectivity index (χ1v) is 7.33. The molecule has 1 saturated carbocycles. The van der Waals surface area contributed by atoms with Crippen molar-refractivity contribution in [3.63, 3.8) is 0 Å². The molecule has 0 atom stereocenters. The van der Waals surface area contributed by atoms with Crippen LogP contribution in [-0.4, -0.2) is 39.5 Å². The minimum atomic E-state index is 0.227. The number of carbonyl (C=O) groups is 1. The molecule has 104 valence electrons. The first kappa shape index (κ1) is 12.7. The molecule has 2 aliphatic rings. The fourth-order valence-corrected chi connectivity index (χ4v) is 2.56. The third-order valence-corrected chi connectivity index (χ3v) is 3.96. The molecule has 1 aliphatic carbocycles. The van der Waals surface area contributed by atoms with Crippen molar-refractivity contribution in [3.05, 3.63) is 18.2 Å². The van der Waals surface area contributed by atoms with Gasteiger partial charge < -0.3 is 14.8 Å². The molecule has 2 fully saturated rings. The molecule has 19 heavy (non-hydrogen) atoms. The van der Waals surface area contributed by atoms with Crippen LogP contribution in [0.2, 0.25) is 0 Å². The van der Waals surface area contributed by atoms with Crippen LogP contribution < -0.4 is 5.32 Å². The van der Waals surface area contributed by atoms with Gasteiger partial charge in [0.25, 0.3) is 0 Å². The SMILES string of the molecule is O=C(Cn1cncc1CNC1CC1)N1CCCCC1. The lowest BCUT2D eigenvalue weighted by Gasteiger charge is -2.27. The van der Waals surface area contributed by atoms with Gasteiger partial charge in [-0.1, -0.05) is 0 Å². The highest BCUT2D eigenvalue weighted by molar-refractivity contribution is 5.76. The van der Waals surface area contributed by atoms with Crippen molar-refractivity contribution in [1.82, 2.24) is 19.8 Å². The van der Waals surface area contributed by atoms with Crippen molar-refractivity contribution in [1.29, 1.82) is 0 Å². The highest BCUT2D eigenvalue weighted by Gasteiger charge is 2.21. The molecule has 3 rings (SSSR count). The molecule has 1 aliphatic heterocycles. The smallest absolute Gasteiger partial charge is 0.242 e. The molecule has 0 radical (unpaired) electrons. The molecule has 1 saturated heterocycles. The minimum Gasteiger partial charge on any atom is -0.341 e. The summed E-state index contributed by atoms with van der Waals surface area (Å²) < 4.78 is 1.98. The first-order valence-electron chi connectivity index (χ1n) is 7.33. The standard InChI is InChI=1S/C14H22N4O/c19-14(17-6-2-1-3-7-17)10-18-11-15-8-13(18)9-16-12-4-5-12/h8,11-12,16H,1-7,9-10H2. The topological polar surface area (TPSA) is 50.2 Å². The summed E-state index contributed by atoms with van der Waals surface area (Å²) in [5, 5.41) is 3.47. The first-order chi connectivity index (χ1) is 9.33. The summed E-state index contributed by atoms with van der Waals surface area (Å²) in [6.07, 6.45) is 9.73. The average Bonchev–Trinajstić information content (AvgIpc) is 3.18. The van der Waals surface area contributed by atoms with Gasteiger partial charge in [-0.05, 0) is 32.1 Å². The van der Waals surface area contributed by atoms with E-state index in [-0.39, 0.29) is 5.91 Å². The molecule has 5 heteroatoms. The maximum Gasteiger partial charge on any atom is 0.242 e. The molecule has 0 aromatic carbocycles. The van der Waals surface area contributed by atoms with Crippen LogP contribution in [0, 0.1) is 0 Å². The summed E-state index contributed by atoms with van der Waals surface area (Å²) in [7, 11) is 0. The zero-order chi connectivity index (χ0) is 13.1. The predicted octanol–water partition coefficient (Wildman–Crippen LogP) is 1.15. The molecule has 0 bridgehead atoms. The number of hydrogen-bond donors (Lipinski definition) is 1. The zero-order valence-corrected chi connectivity index (χ0v) is 11.3. The van der Waals surface area contributed by atoms with E-state index in [0.29, 0.717) is 12.6 Å². The van der Waals surface area contributed by atoms with E-state index in [2.05, 4.69) is 10.3 Å². The van der Waals surface area contributed by atoms with Crippen molar-refractivity contribution in [2.75, 3.05) is 13.1 Å². The summed E-state index contributed by atoms with van der Waals surface area (Å²) in [6.45, 7) is 3.09. The highest BCUT2D eigenvalue weighted by atomic mass is 16.2. The van der Waals surface area contributed by atoms with E-state index >= 15 is 0 Å². The lowest BCUT2D eigenvalue weighted by molar-refractivity contribution is -0.132. The molecule has 1 aromatic heterocycles. The van der Waals surface area contributed by atoms with E-state index in [9.17, 15) is 4.79 Å². The van der Waals surface area contributed by atoms with Crippen molar-refractivity contribution >= 4 is 5.91 Å². The van der Waals surface area contributed by atoms with Gasteiger partial charge in [0.05, 0.1) is 12.0 Å². The van der Waals surface area contributed by atoms with Gasteiger partial charge >= 0.3 is 0 Å². The van der Waals surface area contributed by atoms with Crippen LogP contribution in [0.25, 0.3) is 0 Å². The van der Waals surface area contributed by atoms with Gasteiger partial charge in [-0.15, -0.1) is 0 Å². The number of nitrogens with one attached hydrogen (secondary N) is 1. The largest absolute Gasteiger partial charge is 0.341 e. The van der Waals surface area contributed by atoms with Gasteiger partial charge in [0.15, 0.2) is 0 Å². The Balaban J connectivity index is 1.55. The van der Waals surface area contributed by atoms with Crippen LogP contribution in [0.1, 0.15) is 37.8 Å². The normalized spacial score (nSPS) is 19.7. The van der Waals surface area contributed by atoms with Crippen LogP contribution in [0.3, 0.4) is 0 Å². The Labute approximate surface area is 114 Å². The molecule has 1 N–H and O–H groups in total. The third kappa shape index (κ3) is 3.35. The Morgan fingerprint density at radius 1 is 1.32 bits per heavy atom. The molecule has 5 nitrogen and oxygen atoms in total. The van der Waals surface area contributed by atoms with E-state index in [1.807, 2.05) is 15.7 Å². The molecule has 2 heterocycles. The quantitative estimate of drug-likeness (QED) is 0.866. The van der Waals surface area contributed by atoms with Crippen molar-refractivity contribution < 1.29 is 4.79 Å². The molecule has 1 aromatic rings. The molecular weight excluding hydrogens is 240 g/mol. The lowest BCUT2D eigenvalue weighted by atomic mass is 10.1.